The average Bonchev–Trinajstić information content (AvgIpc) is 2.91. The molecular formula is C26H23N5O5. The summed E-state index contributed by atoms with van der Waals surface area (Å²) in [6.07, 6.45) is 1.41. The summed E-state index contributed by atoms with van der Waals surface area (Å²) in [6.45, 7) is 2.36. The predicted octanol–water partition coefficient (Wildman–Crippen LogP) is 3.05. The average molecular weight is 486 g/mol. The highest BCUT2D eigenvalue weighted by molar-refractivity contribution is 5.95. The van der Waals surface area contributed by atoms with Crippen molar-refractivity contribution in [3.05, 3.63) is 92.6 Å². The minimum absolute atomic E-state index is 0.0639. The normalized spacial score (nSPS) is 13.9. The summed E-state index contributed by atoms with van der Waals surface area (Å²) >= 11 is 0. The van der Waals surface area contributed by atoms with E-state index in [9.17, 15) is 19.7 Å². The van der Waals surface area contributed by atoms with Crippen LogP contribution >= 0.6 is 0 Å². The van der Waals surface area contributed by atoms with Gasteiger partial charge in [0.1, 0.15) is 6.54 Å². The standard InChI is InChI=1S/C26H23N5O5/c32-25(17-30-23-7-3-1-5-20(23)26(33)21-6-2-4-8-24(21)30)28-27-16-18-15-19(31(34)35)9-10-22(18)29-11-13-36-14-12-29/h1-10,15-16H,11-14,17H2,(H,28,32)/b27-16-. The Bertz CT molecular complexity index is 1500. The van der Waals surface area contributed by atoms with Crippen molar-refractivity contribution in [1.29, 1.82) is 0 Å². The van der Waals surface area contributed by atoms with E-state index in [1.165, 1.54) is 18.3 Å². The Kier molecular flexibility index (Phi) is 6.42. The number of rotatable bonds is 6. The number of benzene rings is 3. The van der Waals surface area contributed by atoms with E-state index in [-0.39, 0.29) is 17.7 Å². The molecule has 1 N–H and O–H groups in total. The summed E-state index contributed by atoms with van der Waals surface area (Å²) in [5.74, 6) is -0.399. The minimum Gasteiger partial charge on any atom is -0.378 e. The highest BCUT2D eigenvalue weighted by atomic mass is 16.6. The Morgan fingerprint density at radius 2 is 1.67 bits per heavy atom. The maximum Gasteiger partial charge on any atom is 0.270 e. The lowest BCUT2D eigenvalue weighted by atomic mass is 10.1. The highest BCUT2D eigenvalue weighted by Crippen LogP contribution is 2.25. The second-order valence-electron chi connectivity index (χ2n) is 8.34. The number of aromatic nitrogens is 1. The molecule has 2 heterocycles. The van der Waals surface area contributed by atoms with Crippen LogP contribution in [-0.2, 0) is 16.1 Å². The fourth-order valence-corrected chi connectivity index (χ4v) is 4.45. The van der Waals surface area contributed by atoms with Gasteiger partial charge in [-0.3, -0.25) is 19.7 Å². The van der Waals surface area contributed by atoms with Crippen molar-refractivity contribution < 1.29 is 14.5 Å². The van der Waals surface area contributed by atoms with Gasteiger partial charge in [-0.25, -0.2) is 5.43 Å². The number of nitrogens with zero attached hydrogens (tertiary/aromatic N) is 4. The van der Waals surface area contributed by atoms with Gasteiger partial charge in [-0.1, -0.05) is 24.3 Å². The summed E-state index contributed by atoms with van der Waals surface area (Å²) < 4.78 is 7.18. The number of morpholine rings is 1. The number of amides is 1. The van der Waals surface area contributed by atoms with Gasteiger partial charge in [-0.2, -0.15) is 5.10 Å². The van der Waals surface area contributed by atoms with Gasteiger partial charge >= 0.3 is 0 Å². The molecule has 0 spiro atoms. The first kappa shape index (κ1) is 23.2. The van der Waals surface area contributed by atoms with Crippen molar-refractivity contribution in [2.24, 2.45) is 5.10 Å². The SMILES string of the molecule is O=C(Cn1c2ccccc2c(=O)c2ccccc21)N/N=C\c1cc([N+](=O)[O-])ccc1N1CCOCC1. The Hall–Kier alpha value is -4.57. The lowest BCUT2D eigenvalue weighted by molar-refractivity contribution is -0.384. The second kappa shape index (κ2) is 9.96. The van der Waals surface area contributed by atoms with Crippen molar-refractivity contribution in [2.75, 3.05) is 31.2 Å². The second-order valence-corrected chi connectivity index (χ2v) is 8.34. The number of non-ortho nitro benzene ring substituents is 1. The zero-order valence-corrected chi connectivity index (χ0v) is 19.3. The first-order chi connectivity index (χ1) is 17.5. The molecule has 0 radical (unpaired) electrons. The lowest BCUT2D eigenvalue weighted by Crippen LogP contribution is -2.36. The first-order valence-electron chi connectivity index (χ1n) is 11.5. The van der Waals surface area contributed by atoms with E-state index < -0.39 is 10.8 Å². The van der Waals surface area contributed by atoms with Crippen LogP contribution in [0.4, 0.5) is 11.4 Å². The number of hydrogen-bond acceptors (Lipinski definition) is 7. The Balaban J connectivity index is 1.42. The molecule has 5 rings (SSSR count). The maximum atomic E-state index is 12.9. The fraction of sp³-hybridized carbons (Fsp3) is 0.192. The van der Waals surface area contributed by atoms with Crippen LogP contribution in [0.2, 0.25) is 0 Å². The summed E-state index contributed by atoms with van der Waals surface area (Å²) in [4.78, 5) is 38.7. The lowest BCUT2D eigenvalue weighted by Gasteiger charge is -2.29. The zero-order valence-electron chi connectivity index (χ0n) is 19.3. The summed E-state index contributed by atoms with van der Waals surface area (Å²) in [5, 5.41) is 16.4. The number of fused-ring (bicyclic) bond motifs is 2. The van der Waals surface area contributed by atoms with Crippen LogP contribution in [-0.4, -0.2) is 47.9 Å². The molecule has 0 aliphatic carbocycles. The predicted molar refractivity (Wildman–Crippen MR) is 138 cm³/mol. The number of ether oxygens (including phenoxy) is 1. The van der Waals surface area contributed by atoms with Crippen LogP contribution in [0.1, 0.15) is 5.56 Å². The Labute approximate surface area is 205 Å². The van der Waals surface area contributed by atoms with Crippen molar-refractivity contribution >= 4 is 45.3 Å². The summed E-state index contributed by atoms with van der Waals surface area (Å²) in [7, 11) is 0. The molecule has 36 heavy (non-hydrogen) atoms. The molecule has 182 valence electrons. The number of carbonyl (C=O) groups excluding carboxylic acids is 1. The van der Waals surface area contributed by atoms with Gasteiger partial charge in [-0.15, -0.1) is 0 Å². The topological polar surface area (TPSA) is 119 Å². The molecule has 1 amide bonds. The van der Waals surface area contributed by atoms with Gasteiger partial charge in [0.25, 0.3) is 11.6 Å². The maximum absolute atomic E-state index is 12.9. The van der Waals surface area contributed by atoms with Crippen LogP contribution in [0.25, 0.3) is 21.8 Å². The van der Waals surface area contributed by atoms with Gasteiger partial charge in [0, 0.05) is 47.2 Å². The monoisotopic (exact) mass is 485 g/mol. The molecule has 0 saturated carbocycles. The number of nitro groups is 1. The van der Waals surface area contributed by atoms with Crippen LogP contribution in [0.3, 0.4) is 0 Å². The number of anilines is 1. The largest absolute Gasteiger partial charge is 0.378 e. The third-order valence-corrected chi connectivity index (χ3v) is 6.15. The molecule has 1 saturated heterocycles. The van der Waals surface area contributed by atoms with Crippen LogP contribution in [0.5, 0.6) is 0 Å². The number of carbonyl (C=O) groups is 1. The zero-order chi connectivity index (χ0) is 25.1. The molecule has 0 bridgehead atoms. The van der Waals surface area contributed by atoms with Gasteiger partial charge in [0.2, 0.25) is 0 Å². The molecule has 0 atom stereocenters. The quantitative estimate of drug-likeness (QED) is 0.194. The molecular weight excluding hydrogens is 462 g/mol. The van der Waals surface area contributed by atoms with Gasteiger partial charge in [0.15, 0.2) is 5.43 Å². The molecule has 1 fully saturated rings. The highest BCUT2D eigenvalue weighted by Gasteiger charge is 2.17. The molecule has 3 aromatic carbocycles. The van der Waals surface area contributed by atoms with Crippen molar-refractivity contribution in [1.82, 2.24) is 9.99 Å². The number of para-hydroxylation sites is 2. The number of nitro benzene ring substituents is 1. The minimum atomic E-state index is -0.467. The van der Waals surface area contributed by atoms with Gasteiger partial charge in [0.05, 0.1) is 35.4 Å². The molecule has 0 unspecified atom stereocenters. The Morgan fingerprint density at radius 3 is 2.31 bits per heavy atom. The van der Waals surface area contributed by atoms with Gasteiger partial charge in [-0.05, 0) is 30.3 Å². The van der Waals surface area contributed by atoms with E-state index in [0.717, 1.165) is 5.69 Å². The Morgan fingerprint density at radius 1 is 1.03 bits per heavy atom. The third kappa shape index (κ3) is 4.53. The molecule has 10 nitrogen and oxygen atoms in total. The first-order valence-corrected chi connectivity index (χ1v) is 11.5. The molecule has 10 heteroatoms. The smallest absolute Gasteiger partial charge is 0.270 e. The van der Waals surface area contributed by atoms with E-state index in [4.69, 9.17) is 4.74 Å². The van der Waals surface area contributed by atoms with E-state index in [0.29, 0.717) is 53.7 Å². The number of hydrogen-bond donors (Lipinski definition) is 1. The number of nitrogens with one attached hydrogen (secondary N) is 1. The summed E-state index contributed by atoms with van der Waals surface area (Å²) in [5.41, 5.74) is 4.96. The van der Waals surface area contributed by atoms with Crippen molar-refractivity contribution in [3.63, 3.8) is 0 Å². The van der Waals surface area contributed by atoms with Crippen molar-refractivity contribution in [2.45, 2.75) is 6.54 Å². The van der Waals surface area contributed by atoms with Crippen LogP contribution < -0.4 is 15.8 Å². The van der Waals surface area contributed by atoms with Gasteiger partial charge < -0.3 is 14.2 Å². The fourth-order valence-electron chi connectivity index (χ4n) is 4.45. The van der Waals surface area contributed by atoms with E-state index in [1.54, 1.807) is 47.0 Å². The summed E-state index contributed by atoms with van der Waals surface area (Å²) in [6, 6.07) is 18.9. The van der Waals surface area contributed by atoms with E-state index in [2.05, 4.69) is 15.4 Å². The molecule has 1 aliphatic rings. The van der Waals surface area contributed by atoms with Crippen LogP contribution in [0, 0.1) is 10.1 Å². The number of pyridine rings is 1. The number of hydrazone groups is 1. The van der Waals surface area contributed by atoms with Crippen molar-refractivity contribution in [3.8, 4) is 0 Å². The van der Waals surface area contributed by atoms with E-state index >= 15 is 0 Å². The molecule has 4 aromatic rings. The van der Waals surface area contributed by atoms with Crippen LogP contribution in [0.15, 0.2) is 76.6 Å². The molecule has 1 aromatic heterocycles. The third-order valence-electron chi connectivity index (χ3n) is 6.15. The molecule has 1 aliphatic heterocycles. The van der Waals surface area contributed by atoms with E-state index in [1.807, 2.05) is 12.1 Å².